The summed E-state index contributed by atoms with van der Waals surface area (Å²) in [4.78, 5) is 16.4. The topological polar surface area (TPSA) is 94.6 Å². The Morgan fingerprint density at radius 3 is 2.17 bits per heavy atom. The molecule has 1 N–H and O–H groups in total. The van der Waals surface area contributed by atoms with E-state index >= 15 is 0 Å². The van der Waals surface area contributed by atoms with E-state index in [1.54, 1.807) is 36.4 Å². The highest BCUT2D eigenvalue weighted by molar-refractivity contribution is 7.91. The molecule has 7 nitrogen and oxygen atoms in total. The Kier molecular flexibility index (Phi) is 6.13. The van der Waals surface area contributed by atoms with Crippen molar-refractivity contribution in [2.24, 2.45) is 0 Å². The van der Waals surface area contributed by atoms with Gasteiger partial charge in [-0.2, -0.15) is 0 Å². The zero-order chi connectivity index (χ0) is 20.9. The van der Waals surface area contributed by atoms with Crippen LogP contribution in [0.1, 0.15) is 17.3 Å². The third-order valence-corrected chi connectivity index (χ3v) is 5.75. The highest BCUT2D eigenvalue weighted by Crippen LogP contribution is 2.22. The van der Waals surface area contributed by atoms with Gasteiger partial charge in [-0.1, -0.05) is 0 Å². The molecule has 0 aliphatic rings. The molecular weight excluding hydrogens is 392 g/mol. The summed E-state index contributed by atoms with van der Waals surface area (Å²) >= 11 is 0. The predicted molar refractivity (Wildman–Crippen MR) is 108 cm³/mol. The van der Waals surface area contributed by atoms with Gasteiger partial charge >= 0.3 is 0 Å². The first-order valence-electron chi connectivity index (χ1n) is 8.83. The summed E-state index contributed by atoms with van der Waals surface area (Å²) in [5.41, 5.74) is 0.834. The molecule has 0 spiro atoms. The van der Waals surface area contributed by atoms with Gasteiger partial charge in [0.25, 0.3) is 5.91 Å². The average Bonchev–Trinajstić information content (AvgIpc) is 2.75. The van der Waals surface area contributed by atoms with Crippen molar-refractivity contribution in [2.45, 2.75) is 16.8 Å². The zero-order valence-corrected chi connectivity index (χ0v) is 16.8. The summed E-state index contributed by atoms with van der Waals surface area (Å²) in [7, 11) is -2.29. The molecule has 0 fully saturated rings. The maximum absolute atomic E-state index is 12.7. The zero-order valence-electron chi connectivity index (χ0n) is 16.0. The lowest BCUT2D eigenvalue weighted by Gasteiger charge is -2.08. The number of benzene rings is 2. The molecule has 2 aromatic carbocycles. The fourth-order valence-corrected chi connectivity index (χ4v) is 3.73. The van der Waals surface area contributed by atoms with Crippen molar-refractivity contribution in [3.63, 3.8) is 0 Å². The van der Waals surface area contributed by atoms with E-state index in [9.17, 15) is 13.2 Å². The summed E-state index contributed by atoms with van der Waals surface area (Å²) < 4.78 is 35.7. The molecule has 0 aliphatic carbocycles. The van der Waals surface area contributed by atoms with Crippen molar-refractivity contribution >= 4 is 21.4 Å². The SMILES string of the molecule is CCOc1ccc(NC(=O)c2ccc(S(=O)(=O)c3ccc(OC)cc3)nc2)cc1. The van der Waals surface area contributed by atoms with Crippen molar-refractivity contribution in [1.29, 1.82) is 0 Å². The number of hydrogen-bond acceptors (Lipinski definition) is 6. The van der Waals surface area contributed by atoms with Gasteiger partial charge in [0, 0.05) is 11.9 Å². The van der Waals surface area contributed by atoms with E-state index in [0.717, 1.165) is 0 Å². The number of nitrogens with zero attached hydrogens (tertiary/aromatic N) is 1. The smallest absolute Gasteiger partial charge is 0.257 e. The number of carbonyl (C=O) groups is 1. The molecule has 1 aromatic heterocycles. The number of carbonyl (C=O) groups excluding carboxylic acids is 1. The number of methoxy groups -OCH3 is 1. The van der Waals surface area contributed by atoms with Gasteiger partial charge in [0.05, 0.1) is 24.2 Å². The molecule has 0 bridgehead atoms. The summed E-state index contributed by atoms with van der Waals surface area (Å²) in [5, 5.41) is 2.59. The fourth-order valence-electron chi connectivity index (χ4n) is 2.55. The molecule has 1 heterocycles. The van der Waals surface area contributed by atoms with Gasteiger partial charge in [0.2, 0.25) is 9.84 Å². The monoisotopic (exact) mass is 412 g/mol. The Bertz CT molecular complexity index is 1080. The van der Waals surface area contributed by atoms with Crippen LogP contribution in [0.15, 0.2) is 76.8 Å². The normalized spacial score (nSPS) is 11.0. The summed E-state index contributed by atoms with van der Waals surface area (Å²) in [5.74, 6) is 0.869. The van der Waals surface area contributed by atoms with Gasteiger partial charge in [-0.05, 0) is 67.6 Å². The first kappa shape index (κ1) is 20.3. The number of amides is 1. The Morgan fingerprint density at radius 1 is 0.966 bits per heavy atom. The van der Waals surface area contributed by atoms with E-state index in [-0.39, 0.29) is 15.5 Å². The number of aromatic nitrogens is 1. The van der Waals surface area contributed by atoms with Crippen LogP contribution in [0.25, 0.3) is 0 Å². The number of anilines is 1. The summed E-state index contributed by atoms with van der Waals surface area (Å²) in [6.45, 7) is 2.45. The third kappa shape index (κ3) is 4.72. The molecule has 29 heavy (non-hydrogen) atoms. The molecule has 8 heteroatoms. The second kappa shape index (κ2) is 8.74. The second-order valence-electron chi connectivity index (χ2n) is 5.98. The molecule has 3 rings (SSSR count). The highest BCUT2D eigenvalue weighted by atomic mass is 32.2. The fraction of sp³-hybridized carbons (Fsp3) is 0.143. The number of ether oxygens (including phenoxy) is 2. The van der Waals surface area contributed by atoms with Crippen molar-refractivity contribution in [1.82, 2.24) is 4.98 Å². The number of rotatable bonds is 7. The van der Waals surface area contributed by atoms with Gasteiger partial charge in [0.15, 0.2) is 5.03 Å². The maximum Gasteiger partial charge on any atom is 0.257 e. The van der Waals surface area contributed by atoms with Crippen LogP contribution in [0.4, 0.5) is 5.69 Å². The van der Waals surface area contributed by atoms with Gasteiger partial charge in [-0.25, -0.2) is 13.4 Å². The number of nitrogens with one attached hydrogen (secondary N) is 1. The van der Waals surface area contributed by atoms with Crippen LogP contribution in [-0.2, 0) is 9.84 Å². The minimum absolute atomic E-state index is 0.0948. The van der Waals surface area contributed by atoms with Crippen LogP contribution < -0.4 is 14.8 Å². The molecule has 0 saturated heterocycles. The predicted octanol–water partition coefficient (Wildman–Crippen LogP) is 3.57. The highest BCUT2D eigenvalue weighted by Gasteiger charge is 2.20. The largest absolute Gasteiger partial charge is 0.497 e. The molecule has 0 atom stereocenters. The summed E-state index contributed by atoms with van der Waals surface area (Å²) in [6, 6.07) is 15.7. The third-order valence-electron chi connectivity index (χ3n) is 4.07. The Labute approximate surface area is 169 Å². The van der Waals surface area contributed by atoms with E-state index < -0.39 is 15.7 Å². The van der Waals surface area contributed by atoms with Gasteiger partial charge in [-0.15, -0.1) is 0 Å². The molecule has 3 aromatic rings. The number of sulfone groups is 1. The number of hydrogen-bond donors (Lipinski definition) is 1. The Balaban J connectivity index is 1.73. The molecular formula is C21H20N2O5S. The first-order chi connectivity index (χ1) is 13.9. The standard InChI is InChI=1S/C21H20N2O5S/c1-3-28-18-7-5-16(6-8-18)23-21(24)15-4-13-20(22-14-15)29(25,26)19-11-9-17(27-2)10-12-19/h4-14H,3H2,1-2H3,(H,23,24). The van der Waals surface area contributed by atoms with Crippen LogP contribution in [0, 0.1) is 0 Å². The van der Waals surface area contributed by atoms with Gasteiger partial charge in [0.1, 0.15) is 11.5 Å². The maximum atomic E-state index is 12.7. The van der Waals surface area contributed by atoms with Gasteiger partial charge < -0.3 is 14.8 Å². The van der Waals surface area contributed by atoms with Crippen LogP contribution in [0.5, 0.6) is 11.5 Å². The summed E-state index contributed by atoms with van der Waals surface area (Å²) in [6.07, 6.45) is 1.24. The van der Waals surface area contributed by atoms with E-state index in [2.05, 4.69) is 10.3 Å². The number of pyridine rings is 1. The van der Waals surface area contributed by atoms with E-state index in [4.69, 9.17) is 9.47 Å². The first-order valence-corrected chi connectivity index (χ1v) is 10.3. The van der Waals surface area contributed by atoms with Crippen molar-refractivity contribution in [3.8, 4) is 11.5 Å². The van der Waals surface area contributed by atoms with Crippen LogP contribution in [0.2, 0.25) is 0 Å². The molecule has 0 saturated carbocycles. The molecule has 0 aliphatic heterocycles. The second-order valence-corrected chi connectivity index (χ2v) is 7.87. The van der Waals surface area contributed by atoms with E-state index in [1.165, 1.54) is 37.6 Å². The van der Waals surface area contributed by atoms with Crippen LogP contribution in [0.3, 0.4) is 0 Å². The Morgan fingerprint density at radius 2 is 1.62 bits per heavy atom. The minimum atomic E-state index is -3.79. The van der Waals surface area contributed by atoms with Crippen molar-refractivity contribution in [3.05, 3.63) is 72.4 Å². The molecule has 0 radical (unpaired) electrons. The van der Waals surface area contributed by atoms with Crippen LogP contribution >= 0.6 is 0 Å². The Hall–Kier alpha value is -3.39. The van der Waals surface area contributed by atoms with E-state index in [1.807, 2.05) is 6.92 Å². The lowest BCUT2D eigenvalue weighted by molar-refractivity contribution is 0.102. The lowest BCUT2D eigenvalue weighted by atomic mass is 10.2. The van der Waals surface area contributed by atoms with E-state index in [0.29, 0.717) is 23.8 Å². The minimum Gasteiger partial charge on any atom is -0.497 e. The lowest BCUT2D eigenvalue weighted by Crippen LogP contribution is -2.13. The van der Waals surface area contributed by atoms with Crippen molar-refractivity contribution in [2.75, 3.05) is 19.0 Å². The molecule has 0 unspecified atom stereocenters. The molecule has 1 amide bonds. The van der Waals surface area contributed by atoms with Crippen molar-refractivity contribution < 1.29 is 22.7 Å². The average molecular weight is 412 g/mol. The molecule has 150 valence electrons. The van der Waals surface area contributed by atoms with Crippen LogP contribution in [-0.4, -0.2) is 33.0 Å². The quantitative estimate of drug-likeness (QED) is 0.637. The van der Waals surface area contributed by atoms with Gasteiger partial charge in [-0.3, -0.25) is 4.79 Å².